The summed E-state index contributed by atoms with van der Waals surface area (Å²) in [5, 5.41) is 0. The van der Waals surface area contributed by atoms with Crippen LogP contribution in [-0.2, 0) is 13.0 Å². The van der Waals surface area contributed by atoms with Gasteiger partial charge in [-0.25, -0.2) is 4.98 Å². The largest absolute Gasteiger partial charge is 0.310 e. The monoisotopic (exact) mass is 247 g/mol. The molecule has 1 aliphatic heterocycles. The smallest absolute Gasteiger partial charge is 0.254 e. The average Bonchev–Trinajstić information content (AvgIpc) is 3.11. The number of hydrogen-bond acceptors (Lipinski definition) is 3. The number of fused-ring (bicyclic) bond motifs is 1. The Morgan fingerprint density at radius 2 is 2.22 bits per heavy atom. The van der Waals surface area contributed by atoms with Crippen molar-refractivity contribution >= 4 is 0 Å². The molecule has 0 spiro atoms. The minimum Gasteiger partial charge on any atom is -0.310 e. The zero-order valence-electron chi connectivity index (χ0n) is 11.2. The van der Waals surface area contributed by atoms with E-state index in [0.29, 0.717) is 11.8 Å². The van der Waals surface area contributed by atoms with Gasteiger partial charge in [-0.3, -0.25) is 9.69 Å². The molecule has 1 aromatic heterocycles. The fourth-order valence-corrected chi connectivity index (χ4v) is 2.74. The lowest BCUT2D eigenvalue weighted by atomic mass is 10.0. The summed E-state index contributed by atoms with van der Waals surface area (Å²) < 4.78 is 0. The molecule has 0 unspecified atom stereocenters. The van der Waals surface area contributed by atoms with Gasteiger partial charge in [0.1, 0.15) is 5.82 Å². The molecular weight excluding hydrogens is 226 g/mol. The summed E-state index contributed by atoms with van der Waals surface area (Å²) in [6, 6.07) is 0. The Hall–Kier alpha value is -1.16. The van der Waals surface area contributed by atoms with Crippen molar-refractivity contribution in [2.24, 2.45) is 5.92 Å². The van der Waals surface area contributed by atoms with Gasteiger partial charge in [0.15, 0.2) is 0 Å². The van der Waals surface area contributed by atoms with Crippen LogP contribution < -0.4 is 5.56 Å². The molecule has 0 atom stereocenters. The van der Waals surface area contributed by atoms with Crippen molar-refractivity contribution in [2.75, 3.05) is 13.1 Å². The molecule has 1 saturated carbocycles. The third-order valence-electron chi connectivity index (χ3n) is 3.76. The van der Waals surface area contributed by atoms with Crippen molar-refractivity contribution in [1.29, 1.82) is 0 Å². The molecule has 0 bridgehead atoms. The molecule has 3 rings (SSSR count). The van der Waals surface area contributed by atoms with Gasteiger partial charge in [-0.15, -0.1) is 0 Å². The summed E-state index contributed by atoms with van der Waals surface area (Å²) in [7, 11) is 0. The third kappa shape index (κ3) is 2.34. The highest BCUT2D eigenvalue weighted by Crippen LogP contribution is 2.37. The topological polar surface area (TPSA) is 49.0 Å². The van der Waals surface area contributed by atoms with E-state index in [4.69, 9.17) is 4.98 Å². The Labute approximate surface area is 107 Å². The fourth-order valence-electron chi connectivity index (χ4n) is 2.74. The molecule has 1 fully saturated rings. The van der Waals surface area contributed by atoms with Gasteiger partial charge in [0.25, 0.3) is 5.56 Å². The minimum absolute atomic E-state index is 0.103. The van der Waals surface area contributed by atoms with Crippen molar-refractivity contribution in [1.82, 2.24) is 14.9 Å². The van der Waals surface area contributed by atoms with Gasteiger partial charge in [0.05, 0.1) is 5.69 Å². The average molecular weight is 247 g/mol. The highest BCUT2D eigenvalue weighted by molar-refractivity contribution is 5.22. The standard InChI is InChI=1S/C14H21N3O/c1-9(2)7-17-6-5-11-12(8-17)15-13(10-3-4-10)16-14(11)18/h9-10H,3-8H2,1-2H3,(H,15,16,18). The van der Waals surface area contributed by atoms with E-state index >= 15 is 0 Å². The van der Waals surface area contributed by atoms with Crippen LogP contribution in [0.15, 0.2) is 4.79 Å². The first-order valence-electron chi connectivity index (χ1n) is 6.98. The van der Waals surface area contributed by atoms with Crippen LogP contribution in [0.2, 0.25) is 0 Å². The van der Waals surface area contributed by atoms with E-state index in [9.17, 15) is 4.79 Å². The van der Waals surface area contributed by atoms with Crippen molar-refractivity contribution in [2.45, 2.75) is 45.6 Å². The van der Waals surface area contributed by atoms with Crippen LogP contribution in [0, 0.1) is 5.92 Å². The Kier molecular flexibility index (Phi) is 2.98. The molecule has 0 saturated heterocycles. The molecule has 18 heavy (non-hydrogen) atoms. The second-order valence-corrected chi connectivity index (χ2v) is 6.03. The van der Waals surface area contributed by atoms with Crippen molar-refractivity contribution < 1.29 is 0 Å². The predicted octanol–water partition coefficient (Wildman–Crippen LogP) is 1.66. The van der Waals surface area contributed by atoms with Crippen LogP contribution in [-0.4, -0.2) is 28.0 Å². The Morgan fingerprint density at radius 1 is 1.44 bits per heavy atom. The summed E-state index contributed by atoms with van der Waals surface area (Å²) in [4.78, 5) is 22.1. The summed E-state index contributed by atoms with van der Waals surface area (Å²) in [6.07, 6.45) is 3.20. The zero-order chi connectivity index (χ0) is 12.7. The van der Waals surface area contributed by atoms with Gasteiger partial charge < -0.3 is 4.98 Å². The zero-order valence-corrected chi connectivity index (χ0v) is 11.2. The number of rotatable bonds is 3. The number of aromatic nitrogens is 2. The van der Waals surface area contributed by atoms with Crippen LogP contribution >= 0.6 is 0 Å². The van der Waals surface area contributed by atoms with Crippen LogP contribution in [0.5, 0.6) is 0 Å². The van der Waals surface area contributed by atoms with Gasteiger partial charge in [-0.05, 0) is 25.2 Å². The van der Waals surface area contributed by atoms with E-state index in [2.05, 4.69) is 23.7 Å². The molecule has 1 aliphatic carbocycles. The highest BCUT2D eigenvalue weighted by Gasteiger charge is 2.29. The number of nitrogens with one attached hydrogen (secondary N) is 1. The number of hydrogen-bond donors (Lipinski definition) is 1. The molecule has 2 heterocycles. The first-order chi connectivity index (χ1) is 8.63. The van der Waals surface area contributed by atoms with E-state index < -0.39 is 0 Å². The molecule has 2 aliphatic rings. The van der Waals surface area contributed by atoms with E-state index in [1.54, 1.807) is 0 Å². The normalized spacial score (nSPS) is 20.2. The maximum atomic E-state index is 12.0. The molecule has 0 radical (unpaired) electrons. The van der Waals surface area contributed by atoms with E-state index in [1.165, 1.54) is 12.8 Å². The molecule has 0 aromatic carbocycles. The molecular formula is C14H21N3O. The summed E-state index contributed by atoms with van der Waals surface area (Å²) in [5.74, 6) is 2.10. The minimum atomic E-state index is 0.103. The van der Waals surface area contributed by atoms with Crippen LogP contribution in [0.3, 0.4) is 0 Å². The van der Waals surface area contributed by atoms with Gasteiger partial charge >= 0.3 is 0 Å². The quantitative estimate of drug-likeness (QED) is 0.883. The molecule has 1 aromatic rings. The highest BCUT2D eigenvalue weighted by atomic mass is 16.1. The fraction of sp³-hybridized carbons (Fsp3) is 0.714. The van der Waals surface area contributed by atoms with Crippen LogP contribution in [0.4, 0.5) is 0 Å². The number of nitrogens with zero attached hydrogens (tertiary/aromatic N) is 2. The predicted molar refractivity (Wildman–Crippen MR) is 70.7 cm³/mol. The number of aromatic amines is 1. The molecule has 1 N–H and O–H groups in total. The first kappa shape index (κ1) is 11.9. The maximum Gasteiger partial charge on any atom is 0.254 e. The molecule has 98 valence electrons. The SMILES string of the molecule is CC(C)CN1CCc2c(nc(C3CC3)[nH]c2=O)C1. The van der Waals surface area contributed by atoms with Gasteiger partial charge in [-0.2, -0.15) is 0 Å². The Morgan fingerprint density at radius 3 is 2.89 bits per heavy atom. The Bertz CT molecular complexity index is 502. The number of H-pyrrole nitrogens is 1. The lowest BCUT2D eigenvalue weighted by Gasteiger charge is -2.28. The second kappa shape index (κ2) is 4.50. The van der Waals surface area contributed by atoms with E-state index in [-0.39, 0.29) is 5.56 Å². The van der Waals surface area contributed by atoms with Crippen LogP contribution in [0.25, 0.3) is 0 Å². The first-order valence-corrected chi connectivity index (χ1v) is 6.98. The molecule has 4 nitrogen and oxygen atoms in total. The summed E-state index contributed by atoms with van der Waals surface area (Å²) in [5.41, 5.74) is 2.04. The Balaban J connectivity index is 1.86. The van der Waals surface area contributed by atoms with Crippen molar-refractivity contribution in [3.63, 3.8) is 0 Å². The lowest BCUT2D eigenvalue weighted by Crippen LogP contribution is -2.37. The van der Waals surface area contributed by atoms with E-state index in [0.717, 1.165) is 43.1 Å². The lowest BCUT2D eigenvalue weighted by molar-refractivity contribution is 0.222. The molecule has 0 amide bonds. The van der Waals surface area contributed by atoms with Crippen LogP contribution in [0.1, 0.15) is 49.7 Å². The molecule has 4 heteroatoms. The van der Waals surface area contributed by atoms with Gasteiger partial charge in [0, 0.05) is 31.1 Å². The van der Waals surface area contributed by atoms with Gasteiger partial charge in [0.2, 0.25) is 0 Å². The van der Waals surface area contributed by atoms with Crippen molar-refractivity contribution in [3.05, 3.63) is 27.4 Å². The third-order valence-corrected chi connectivity index (χ3v) is 3.76. The van der Waals surface area contributed by atoms with Gasteiger partial charge in [-0.1, -0.05) is 13.8 Å². The maximum absolute atomic E-state index is 12.0. The summed E-state index contributed by atoms with van der Waals surface area (Å²) in [6.45, 7) is 7.38. The summed E-state index contributed by atoms with van der Waals surface area (Å²) >= 11 is 0. The second-order valence-electron chi connectivity index (χ2n) is 6.03. The van der Waals surface area contributed by atoms with E-state index in [1.807, 2.05) is 0 Å². The van der Waals surface area contributed by atoms with Crippen molar-refractivity contribution in [3.8, 4) is 0 Å².